The van der Waals surface area contributed by atoms with Crippen molar-refractivity contribution in [3.05, 3.63) is 18.7 Å². The van der Waals surface area contributed by atoms with Crippen LogP contribution in [0, 0.1) is 0 Å². The normalized spacial score (nSPS) is 10.4. The molecule has 0 aromatic carbocycles. The molecule has 0 spiro atoms. The number of hydrogen-bond donors (Lipinski definition) is 1. The molecule has 0 saturated heterocycles. The van der Waals surface area contributed by atoms with Gasteiger partial charge in [-0.05, 0) is 6.92 Å². The second-order valence-electron chi connectivity index (χ2n) is 2.43. The molecule has 0 fully saturated rings. The number of H-pyrrole nitrogens is 1. The van der Waals surface area contributed by atoms with Crippen LogP contribution in [0.4, 0.5) is 0 Å². The zero-order valence-corrected chi connectivity index (χ0v) is 6.73. The molecule has 0 aliphatic rings. The third kappa shape index (κ3) is 0.990. The Morgan fingerprint density at radius 3 is 3.17 bits per heavy atom. The van der Waals surface area contributed by atoms with E-state index in [1.807, 2.05) is 11.5 Å². The lowest BCUT2D eigenvalue weighted by Gasteiger charge is -1.97. The average Bonchev–Trinajstić information content (AvgIpc) is 2.74. The molecule has 5 nitrogen and oxygen atoms in total. The zero-order valence-electron chi connectivity index (χ0n) is 6.73. The molecule has 2 rings (SSSR count). The first-order chi connectivity index (χ1) is 5.92. The zero-order chi connectivity index (χ0) is 8.39. The SMILES string of the molecule is CCn1cnnc1-c1cn[nH]c1. The summed E-state index contributed by atoms with van der Waals surface area (Å²) in [6, 6.07) is 0. The molecule has 2 aromatic rings. The van der Waals surface area contributed by atoms with E-state index in [1.54, 1.807) is 18.7 Å². The molecule has 0 aliphatic heterocycles. The van der Waals surface area contributed by atoms with Crippen molar-refractivity contribution in [3.63, 3.8) is 0 Å². The van der Waals surface area contributed by atoms with Crippen LogP contribution in [0.1, 0.15) is 6.92 Å². The molecule has 0 bridgehead atoms. The Labute approximate surface area is 69.4 Å². The summed E-state index contributed by atoms with van der Waals surface area (Å²) in [6.07, 6.45) is 5.24. The first kappa shape index (κ1) is 7.02. The van der Waals surface area contributed by atoms with E-state index in [0.29, 0.717) is 0 Å². The van der Waals surface area contributed by atoms with Crippen LogP contribution < -0.4 is 0 Å². The molecule has 5 heteroatoms. The molecule has 12 heavy (non-hydrogen) atoms. The van der Waals surface area contributed by atoms with Gasteiger partial charge in [-0.25, -0.2) is 0 Å². The Hall–Kier alpha value is -1.65. The molecular formula is C7H9N5. The number of aromatic amines is 1. The fourth-order valence-electron chi connectivity index (χ4n) is 1.08. The first-order valence-electron chi connectivity index (χ1n) is 3.78. The smallest absolute Gasteiger partial charge is 0.166 e. The van der Waals surface area contributed by atoms with Crippen LogP contribution >= 0.6 is 0 Å². The summed E-state index contributed by atoms with van der Waals surface area (Å²) in [5.41, 5.74) is 0.967. The molecule has 0 atom stereocenters. The van der Waals surface area contributed by atoms with E-state index in [9.17, 15) is 0 Å². The Kier molecular flexibility index (Phi) is 1.62. The van der Waals surface area contributed by atoms with Crippen molar-refractivity contribution in [1.82, 2.24) is 25.0 Å². The fraction of sp³-hybridized carbons (Fsp3) is 0.286. The second kappa shape index (κ2) is 2.77. The van der Waals surface area contributed by atoms with Crippen LogP contribution in [0.15, 0.2) is 18.7 Å². The lowest BCUT2D eigenvalue weighted by Crippen LogP contribution is -1.94. The van der Waals surface area contributed by atoms with E-state index >= 15 is 0 Å². The number of aryl methyl sites for hydroxylation is 1. The van der Waals surface area contributed by atoms with Crippen LogP contribution in [-0.4, -0.2) is 25.0 Å². The van der Waals surface area contributed by atoms with Gasteiger partial charge in [-0.1, -0.05) is 0 Å². The highest BCUT2D eigenvalue weighted by molar-refractivity contribution is 5.51. The molecule has 1 N–H and O–H groups in total. The molecule has 0 saturated carbocycles. The second-order valence-corrected chi connectivity index (χ2v) is 2.43. The molecular weight excluding hydrogens is 154 g/mol. The van der Waals surface area contributed by atoms with Gasteiger partial charge in [-0.3, -0.25) is 5.10 Å². The minimum absolute atomic E-state index is 0.853. The van der Waals surface area contributed by atoms with Crippen molar-refractivity contribution in [2.45, 2.75) is 13.5 Å². The Morgan fingerprint density at radius 2 is 2.50 bits per heavy atom. The maximum absolute atomic E-state index is 3.98. The number of nitrogens with one attached hydrogen (secondary N) is 1. The van der Waals surface area contributed by atoms with Crippen LogP contribution in [0.2, 0.25) is 0 Å². The summed E-state index contributed by atoms with van der Waals surface area (Å²) in [5.74, 6) is 0.853. The molecule has 0 radical (unpaired) electrons. The van der Waals surface area contributed by atoms with E-state index in [-0.39, 0.29) is 0 Å². The van der Waals surface area contributed by atoms with Crippen LogP contribution in [0.5, 0.6) is 0 Å². The van der Waals surface area contributed by atoms with Crippen molar-refractivity contribution in [2.75, 3.05) is 0 Å². The highest BCUT2D eigenvalue weighted by Gasteiger charge is 2.05. The van der Waals surface area contributed by atoms with Gasteiger partial charge in [-0.15, -0.1) is 10.2 Å². The van der Waals surface area contributed by atoms with Crippen molar-refractivity contribution < 1.29 is 0 Å². The van der Waals surface area contributed by atoms with E-state index in [4.69, 9.17) is 0 Å². The van der Waals surface area contributed by atoms with E-state index in [0.717, 1.165) is 17.9 Å². The Morgan fingerprint density at radius 1 is 1.58 bits per heavy atom. The summed E-state index contributed by atoms with van der Waals surface area (Å²) in [7, 11) is 0. The van der Waals surface area contributed by atoms with Gasteiger partial charge in [0.1, 0.15) is 6.33 Å². The number of nitrogens with zero attached hydrogens (tertiary/aromatic N) is 4. The minimum Gasteiger partial charge on any atom is -0.314 e. The largest absolute Gasteiger partial charge is 0.314 e. The van der Waals surface area contributed by atoms with Gasteiger partial charge >= 0.3 is 0 Å². The van der Waals surface area contributed by atoms with E-state index in [1.165, 1.54) is 0 Å². The van der Waals surface area contributed by atoms with E-state index < -0.39 is 0 Å². The number of rotatable bonds is 2. The summed E-state index contributed by atoms with van der Waals surface area (Å²) in [6.45, 7) is 2.92. The minimum atomic E-state index is 0.853. The van der Waals surface area contributed by atoms with E-state index in [2.05, 4.69) is 20.4 Å². The van der Waals surface area contributed by atoms with Crippen LogP contribution in [0.25, 0.3) is 11.4 Å². The van der Waals surface area contributed by atoms with Gasteiger partial charge in [0.15, 0.2) is 5.82 Å². The van der Waals surface area contributed by atoms with Gasteiger partial charge in [-0.2, -0.15) is 5.10 Å². The molecule has 62 valence electrons. The monoisotopic (exact) mass is 163 g/mol. The third-order valence-electron chi connectivity index (χ3n) is 1.71. The Balaban J connectivity index is 2.46. The quantitative estimate of drug-likeness (QED) is 0.708. The number of hydrogen-bond acceptors (Lipinski definition) is 3. The van der Waals surface area contributed by atoms with Crippen molar-refractivity contribution in [2.24, 2.45) is 0 Å². The topological polar surface area (TPSA) is 59.4 Å². The van der Waals surface area contributed by atoms with Gasteiger partial charge in [0, 0.05) is 12.7 Å². The molecule has 2 aromatic heterocycles. The predicted octanol–water partition coefficient (Wildman–Crippen LogP) is 0.688. The molecule has 0 unspecified atom stereocenters. The highest BCUT2D eigenvalue weighted by Crippen LogP contribution is 2.13. The standard InChI is InChI=1S/C7H9N5/c1-2-12-5-10-11-7(12)6-3-8-9-4-6/h3-5H,2H2,1H3,(H,8,9). The van der Waals surface area contributed by atoms with Crippen LogP contribution in [-0.2, 0) is 6.54 Å². The summed E-state index contributed by atoms with van der Waals surface area (Å²) >= 11 is 0. The maximum atomic E-state index is 3.98. The highest BCUT2D eigenvalue weighted by atomic mass is 15.3. The lowest BCUT2D eigenvalue weighted by atomic mass is 10.3. The average molecular weight is 163 g/mol. The fourth-order valence-corrected chi connectivity index (χ4v) is 1.08. The summed E-state index contributed by atoms with van der Waals surface area (Å²) in [4.78, 5) is 0. The molecule has 0 aliphatic carbocycles. The summed E-state index contributed by atoms with van der Waals surface area (Å²) < 4.78 is 1.96. The summed E-state index contributed by atoms with van der Waals surface area (Å²) in [5, 5.41) is 14.4. The lowest BCUT2D eigenvalue weighted by molar-refractivity contribution is 0.767. The van der Waals surface area contributed by atoms with Gasteiger partial charge < -0.3 is 4.57 Å². The third-order valence-corrected chi connectivity index (χ3v) is 1.71. The maximum Gasteiger partial charge on any atom is 0.166 e. The molecule has 0 amide bonds. The van der Waals surface area contributed by atoms with Crippen molar-refractivity contribution in [3.8, 4) is 11.4 Å². The van der Waals surface area contributed by atoms with Crippen molar-refractivity contribution >= 4 is 0 Å². The predicted molar refractivity (Wildman–Crippen MR) is 43.3 cm³/mol. The van der Waals surface area contributed by atoms with Crippen molar-refractivity contribution in [1.29, 1.82) is 0 Å². The van der Waals surface area contributed by atoms with Gasteiger partial charge in [0.2, 0.25) is 0 Å². The van der Waals surface area contributed by atoms with Gasteiger partial charge in [0.25, 0.3) is 0 Å². The number of aromatic nitrogens is 5. The van der Waals surface area contributed by atoms with Crippen LogP contribution in [0.3, 0.4) is 0 Å². The molecule has 2 heterocycles. The van der Waals surface area contributed by atoms with Gasteiger partial charge in [0.05, 0.1) is 11.8 Å². The first-order valence-corrected chi connectivity index (χ1v) is 3.78. The Bertz CT molecular complexity index is 348.